The number of carbonyl (C=O) groups is 2. The van der Waals surface area contributed by atoms with E-state index >= 15 is 0 Å². The van der Waals surface area contributed by atoms with Crippen molar-refractivity contribution < 1.29 is 44.4 Å². The van der Waals surface area contributed by atoms with Crippen LogP contribution < -0.4 is 10.2 Å². The van der Waals surface area contributed by atoms with Gasteiger partial charge in [0.05, 0.1) is 11.9 Å². The van der Waals surface area contributed by atoms with E-state index in [0.29, 0.717) is 0 Å². The Morgan fingerprint density at radius 2 is 1.65 bits per heavy atom. The fourth-order valence-electron chi connectivity index (χ4n) is 0.646. The Balaban J connectivity index is 0. The number of hydrogen-bond donors (Lipinski definition) is 1. The van der Waals surface area contributed by atoms with Crippen molar-refractivity contribution in [1.29, 1.82) is 0 Å². The maximum atomic E-state index is 10.2. The monoisotopic (exact) mass is 286 g/mol. The average molecular weight is 288 g/mol. The summed E-state index contributed by atoms with van der Waals surface area (Å²) < 4.78 is 0. The summed E-state index contributed by atoms with van der Waals surface area (Å²) in [6, 6.07) is 5.64. The van der Waals surface area contributed by atoms with E-state index in [2.05, 4.69) is 6.58 Å². The van der Waals surface area contributed by atoms with Crippen LogP contribution in [0.1, 0.15) is 17.3 Å². The molecule has 0 spiro atoms. The van der Waals surface area contributed by atoms with Crippen LogP contribution in [0.3, 0.4) is 0 Å². The van der Waals surface area contributed by atoms with Gasteiger partial charge in [0.2, 0.25) is 0 Å². The normalized spacial score (nSPS) is 8.06. The Labute approximate surface area is 111 Å². The van der Waals surface area contributed by atoms with E-state index in [0.717, 1.165) is 0 Å². The van der Waals surface area contributed by atoms with Crippen LogP contribution in [0.2, 0.25) is 0 Å². The molecule has 1 N–H and O–H groups in total. The molecule has 0 saturated carbocycles. The van der Waals surface area contributed by atoms with Crippen molar-refractivity contribution in [3.05, 3.63) is 42.0 Å². The number of hydrogen-bond acceptors (Lipinski definition) is 5. The smallest absolute Gasteiger partial charge is 0.545 e. The van der Waals surface area contributed by atoms with Crippen molar-refractivity contribution in [2.45, 2.75) is 6.92 Å². The number of carbonyl (C=O) groups excluding carboxylic acids is 2. The largest absolute Gasteiger partial charge is 2.00 e. The van der Waals surface area contributed by atoms with Gasteiger partial charge in [0, 0.05) is 5.56 Å². The van der Waals surface area contributed by atoms with Gasteiger partial charge in [-0.3, -0.25) is 0 Å². The Bertz CT molecular complexity index is 402. The zero-order chi connectivity index (χ0) is 12.7. The van der Waals surface area contributed by atoms with E-state index in [9.17, 15) is 19.8 Å². The molecule has 0 amide bonds. The number of rotatable bonds is 2. The zero-order valence-electron chi connectivity index (χ0n) is 9.30. The second-order valence-electron chi connectivity index (χ2n) is 2.87. The summed E-state index contributed by atoms with van der Waals surface area (Å²) in [7, 11) is 0. The third-order valence-corrected chi connectivity index (χ3v) is 1.47. The molecule has 5 nitrogen and oxygen atoms in total. The van der Waals surface area contributed by atoms with Gasteiger partial charge in [-0.2, -0.15) is 0 Å². The van der Waals surface area contributed by atoms with Gasteiger partial charge in [0.1, 0.15) is 5.75 Å². The van der Waals surface area contributed by atoms with Crippen LogP contribution in [0.25, 0.3) is 0 Å². The minimum Gasteiger partial charge on any atom is -0.545 e. The molecule has 0 unspecified atom stereocenters. The molecule has 86 valence electrons. The Morgan fingerprint density at radius 3 is 1.88 bits per heavy atom. The van der Waals surface area contributed by atoms with Crippen molar-refractivity contribution in [2.24, 2.45) is 0 Å². The van der Waals surface area contributed by atoms with E-state index in [4.69, 9.17) is 5.11 Å². The van der Waals surface area contributed by atoms with Crippen LogP contribution in [-0.2, 0) is 24.3 Å². The van der Waals surface area contributed by atoms with E-state index in [1.165, 1.54) is 25.1 Å². The second-order valence-corrected chi connectivity index (χ2v) is 2.87. The van der Waals surface area contributed by atoms with Gasteiger partial charge in [0.25, 0.3) is 0 Å². The Hall–Kier alpha value is -1.68. The van der Waals surface area contributed by atoms with E-state index in [1.807, 2.05) is 0 Å². The summed E-state index contributed by atoms with van der Waals surface area (Å²) in [5, 5.41) is 28.5. The maximum absolute atomic E-state index is 10.2. The van der Waals surface area contributed by atoms with Gasteiger partial charge in [-0.1, -0.05) is 18.7 Å². The standard InChI is InChI=1S/C7H6O3.C4H6O2.Zn/c8-6-4-2-1-3-5(6)7(9)10;1-3(2)4(5)6;/h1-4,8H,(H,9,10);1H2,2H3,(H,5,6);/q;;+2/p-2. The Kier molecular flexibility index (Phi) is 8.83. The third-order valence-electron chi connectivity index (χ3n) is 1.47. The number of aliphatic carboxylic acids is 1. The summed E-state index contributed by atoms with van der Waals surface area (Å²) >= 11 is 0. The molecule has 0 heterocycles. The van der Waals surface area contributed by atoms with Crippen molar-refractivity contribution in [3.63, 3.8) is 0 Å². The first kappa shape index (κ1) is 17.7. The van der Waals surface area contributed by atoms with Crippen LogP contribution in [0.5, 0.6) is 5.75 Å². The molecular formula is C11H10O5Zn. The van der Waals surface area contributed by atoms with Crippen LogP contribution in [0.15, 0.2) is 36.4 Å². The van der Waals surface area contributed by atoms with Gasteiger partial charge in [-0.25, -0.2) is 0 Å². The summed E-state index contributed by atoms with van der Waals surface area (Å²) in [6.07, 6.45) is 0. The first-order valence-electron chi connectivity index (χ1n) is 4.22. The molecule has 1 aromatic rings. The molecule has 0 bridgehead atoms. The number of carboxylic acids is 2. The number of aromatic carboxylic acids is 1. The molecule has 0 radical (unpaired) electrons. The number of para-hydroxylation sites is 1. The predicted octanol–water partition coefficient (Wildman–Crippen LogP) is -0.934. The molecular weight excluding hydrogens is 278 g/mol. The number of phenols is 1. The van der Waals surface area contributed by atoms with Gasteiger partial charge >= 0.3 is 19.5 Å². The minimum absolute atomic E-state index is 0. The molecule has 0 aliphatic heterocycles. The zero-order valence-corrected chi connectivity index (χ0v) is 12.3. The van der Waals surface area contributed by atoms with Crippen molar-refractivity contribution in [3.8, 4) is 5.75 Å². The van der Waals surface area contributed by atoms with Crippen molar-refractivity contribution in [2.75, 3.05) is 0 Å². The van der Waals surface area contributed by atoms with Crippen LogP contribution in [0.4, 0.5) is 0 Å². The van der Waals surface area contributed by atoms with Crippen molar-refractivity contribution >= 4 is 11.9 Å². The molecule has 0 aliphatic rings. The quantitative estimate of drug-likeness (QED) is 0.559. The predicted molar refractivity (Wildman–Crippen MR) is 52.3 cm³/mol. The molecule has 0 aromatic heterocycles. The van der Waals surface area contributed by atoms with E-state index in [-0.39, 0.29) is 36.4 Å². The minimum atomic E-state index is -1.36. The van der Waals surface area contributed by atoms with Gasteiger partial charge in [-0.15, -0.1) is 0 Å². The van der Waals surface area contributed by atoms with Gasteiger partial charge in [0.15, 0.2) is 0 Å². The summed E-state index contributed by atoms with van der Waals surface area (Å²) in [5.41, 5.74) is -0.113. The summed E-state index contributed by atoms with van der Waals surface area (Å²) in [4.78, 5) is 19.6. The SMILES string of the molecule is C=C(C)C(=O)[O-].O=C([O-])c1ccccc1O.[Zn+2]. The summed E-state index contributed by atoms with van der Waals surface area (Å²) in [5.74, 6) is -2.81. The van der Waals surface area contributed by atoms with E-state index in [1.54, 1.807) is 6.07 Å². The first-order valence-corrected chi connectivity index (χ1v) is 4.22. The fourth-order valence-corrected chi connectivity index (χ4v) is 0.646. The summed E-state index contributed by atoms with van der Waals surface area (Å²) in [6.45, 7) is 4.48. The molecule has 17 heavy (non-hydrogen) atoms. The van der Waals surface area contributed by atoms with Gasteiger partial charge < -0.3 is 24.9 Å². The number of aromatic hydroxyl groups is 1. The molecule has 1 rings (SSSR count). The van der Waals surface area contributed by atoms with E-state index < -0.39 is 11.9 Å². The molecule has 0 atom stereocenters. The second kappa shape index (κ2) is 8.47. The van der Waals surface area contributed by atoms with Crippen LogP contribution >= 0.6 is 0 Å². The molecule has 0 saturated heterocycles. The van der Waals surface area contributed by atoms with Gasteiger partial charge in [-0.05, 0) is 24.6 Å². The fraction of sp³-hybridized carbons (Fsp3) is 0.0909. The van der Waals surface area contributed by atoms with Crippen molar-refractivity contribution in [1.82, 2.24) is 0 Å². The molecule has 0 fully saturated rings. The van der Waals surface area contributed by atoms with Crippen LogP contribution in [0, 0.1) is 0 Å². The number of benzene rings is 1. The topological polar surface area (TPSA) is 100 Å². The number of carboxylic acid groups (broad SMARTS) is 2. The average Bonchev–Trinajstić information content (AvgIpc) is 2.18. The van der Waals surface area contributed by atoms with Crippen LogP contribution in [-0.4, -0.2) is 17.0 Å². The third kappa shape index (κ3) is 7.25. The first-order chi connectivity index (χ1) is 7.36. The maximum Gasteiger partial charge on any atom is 2.00 e. The Morgan fingerprint density at radius 1 is 1.24 bits per heavy atom. The molecule has 1 aromatic carbocycles. The molecule has 6 heteroatoms. The molecule has 0 aliphatic carbocycles.